The molecule has 1 saturated carbocycles. The summed E-state index contributed by atoms with van der Waals surface area (Å²) in [6, 6.07) is 0.400. The Balaban J connectivity index is 1.81. The lowest BCUT2D eigenvalue weighted by Crippen LogP contribution is -2.53. The Kier molecular flexibility index (Phi) is 3.80. The van der Waals surface area contributed by atoms with Crippen molar-refractivity contribution in [2.75, 3.05) is 13.1 Å². The Morgan fingerprint density at radius 3 is 2.50 bits per heavy atom. The summed E-state index contributed by atoms with van der Waals surface area (Å²) >= 11 is 0. The molecule has 0 spiro atoms. The third-order valence-corrected chi connectivity index (χ3v) is 3.22. The maximum Gasteiger partial charge on any atom is 0.410 e. The van der Waals surface area contributed by atoms with Crippen molar-refractivity contribution in [1.29, 1.82) is 0 Å². The van der Waals surface area contributed by atoms with Gasteiger partial charge in [0.2, 0.25) is 0 Å². The van der Waals surface area contributed by atoms with Crippen molar-refractivity contribution in [3.8, 4) is 0 Å². The predicted octanol–water partition coefficient (Wildman–Crippen LogP) is 2.09. The first-order valence-electron chi connectivity index (χ1n) is 6.73. The van der Waals surface area contributed by atoms with E-state index in [2.05, 4.69) is 5.32 Å². The maximum atomic E-state index is 14.0. The van der Waals surface area contributed by atoms with Crippen molar-refractivity contribution in [3.05, 3.63) is 0 Å². The number of likely N-dealkylation sites (tertiary alicyclic amines) is 1. The van der Waals surface area contributed by atoms with Gasteiger partial charge >= 0.3 is 6.09 Å². The van der Waals surface area contributed by atoms with Crippen molar-refractivity contribution in [3.63, 3.8) is 0 Å². The van der Waals surface area contributed by atoms with Crippen LogP contribution in [0.4, 0.5) is 9.18 Å². The average molecular weight is 258 g/mol. The van der Waals surface area contributed by atoms with Crippen LogP contribution < -0.4 is 5.32 Å². The third kappa shape index (κ3) is 3.83. The molecule has 0 radical (unpaired) electrons. The molecule has 1 heterocycles. The lowest BCUT2D eigenvalue weighted by atomic mass is 10.0. The van der Waals surface area contributed by atoms with Crippen LogP contribution in [0.15, 0.2) is 0 Å². The molecule has 2 aliphatic rings. The van der Waals surface area contributed by atoms with Gasteiger partial charge in [0, 0.05) is 18.6 Å². The highest BCUT2D eigenvalue weighted by atomic mass is 19.1. The number of hydrogen-bond donors (Lipinski definition) is 1. The van der Waals surface area contributed by atoms with Gasteiger partial charge in [0.15, 0.2) is 0 Å². The standard InChI is InChI=1S/C13H23FN2O2/c1-13(2,3)18-12(17)16-7-6-11(10(14)8-16)15-9-4-5-9/h9-11,15H,4-8H2,1-3H3. The molecule has 0 aromatic heterocycles. The molecular formula is C13H23FN2O2. The molecule has 0 aromatic rings. The molecule has 0 bridgehead atoms. The summed E-state index contributed by atoms with van der Waals surface area (Å²) in [5.74, 6) is 0. The molecule has 1 N–H and O–H groups in total. The molecule has 1 amide bonds. The number of nitrogens with zero attached hydrogens (tertiary/aromatic N) is 1. The van der Waals surface area contributed by atoms with Crippen LogP contribution in [0, 0.1) is 0 Å². The number of hydrogen-bond acceptors (Lipinski definition) is 3. The molecule has 18 heavy (non-hydrogen) atoms. The minimum Gasteiger partial charge on any atom is -0.444 e. The molecule has 2 unspecified atom stereocenters. The lowest BCUT2D eigenvalue weighted by Gasteiger charge is -2.36. The van der Waals surface area contributed by atoms with Gasteiger partial charge in [-0.05, 0) is 40.0 Å². The SMILES string of the molecule is CC(C)(C)OC(=O)N1CCC(NC2CC2)C(F)C1. The van der Waals surface area contributed by atoms with Crippen molar-refractivity contribution in [2.24, 2.45) is 0 Å². The number of rotatable bonds is 2. The molecule has 2 fully saturated rings. The number of halogens is 1. The van der Waals surface area contributed by atoms with E-state index in [1.807, 2.05) is 20.8 Å². The van der Waals surface area contributed by atoms with Gasteiger partial charge in [0.1, 0.15) is 11.8 Å². The summed E-state index contributed by atoms with van der Waals surface area (Å²) in [6.45, 7) is 6.16. The zero-order chi connectivity index (χ0) is 13.3. The van der Waals surface area contributed by atoms with Crippen LogP contribution >= 0.6 is 0 Å². The van der Waals surface area contributed by atoms with E-state index < -0.39 is 17.9 Å². The Morgan fingerprint density at radius 2 is 2.00 bits per heavy atom. The molecular weight excluding hydrogens is 235 g/mol. The van der Waals surface area contributed by atoms with Gasteiger partial charge in [-0.3, -0.25) is 0 Å². The summed E-state index contributed by atoms with van der Waals surface area (Å²) in [5, 5.41) is 3.30. The number of alkyl halides is 1. The van der Waals surface area contributed by atoms with Gasteiger partial charge in [-0.2, -0.15) is 0 Å². The van der Waals surface area contributed by atoms with Gasteiger partial charge in [-0.25, -0.2) is 9.18 Å². The van der Waals surface area contributed by atoms with E-state index in [0.717, 1.165) is 12.8 Å². The minimum absolute atomic E-state index is 0.101. The first-order chi connectivity index (χ1) is 8.35. The highest BCUT2D eigenvalue weighted by Gasteiger charge is 2.36. The molecule has 2 atom stereocenters. The number of carbonyl (C=O) groups is 1. The van der Waals surface area contributed by atoms with Crippen molar-refractivity contribution in [1.82, 2.24) is 10.2 Å². The monoisotopic (exact) mass is 258 g/mol. The van der Waals surface area contributed by atoms with Crippen LogP contribution in [-0.2, 0) is 4.74 Å². The first-order valence-corrected chi connectivity index (χ1v) is 6.73. The average Bonchev–Trinajstić information content (AvgIpc) is 3.02. The fourth-order valence-corrected chi connectivity index (χ4v) is 2.14. The molecule has 4 nitrogen and oxygen atoms in total. The van der Waals surface area contributed by atoms with E-state index in [1.54, 1.807) is 0 Å². The van der Waals surface area contributed by atoms with E-state index in [9.17, 15) is 9.18 Å². The second kappa shape index (κ2) is 5.03. The largest absolute Gasteiger partial charge is 0.444 e. The molecule has 104 valence electrons. The zero-order valence-corrected chi connectivity index (χ0v) is 11.4. The van der Waals surface area contributed by atoms with E-state index in [-0.39, 0.29) is 12.6 Å². The topological polar surface area (TPSA) is 41.6 Å². The van der Waals surface area contributed by atoms with E-state index in [4.69, 9.17) is 4.74 Å². The van der Waals surface area contributed by atoms with Crippen molar-refractivity contribution >= 4 is 6.09 Å². The summed E-state index contributed by atoms with van der Waals surface area (Å²) in [7, 11) is 0. The van der Waals surface area contributed by atoms with Gasteiger partial charge < -0.3 is 15.0 Å². The third-order valence-electron chi connectivity index (χ3n) is 3.22. The van der Waals surface area contributed by atoms with Crippen LogP contribution in [0.5, 0.6) is 0 Å². The summed E-state index contributed by atoms with van der Waals surface area (Å²) in [5.41, 5.74) is -0.522. The van der Waals surface area contributed by atoms with Gasteiger partial charge in [0.05, 0.1) is 6.54 Å². The second-order valence-electron chi connectivity index (χ2n) is 6.28. The fraction of sp³-hybridized carbons (Fsp3) is 0.923. The first kappa shape index (κ1) is 13.6. The molecule has 1 saturated heterocycles. The van der Waals surface area contributed by atoms with E-state index in [0.29, 0.717) is 19.0 Å². The van der Waals surface area contributed by atoms with Crippen LogP contribution in [0.1, 0.15) is 40.0 Å². The zero-order valence-electron chi connectivity index (χ0n) is 11.4. The lowest BCUT2D eigenvalue weighted by molar-refractivity contribution is 0.00936. The smallest absolute Gasteiger partial charge is 0.410 e. The Labute approximate surface area is 108 Å². The quantitative estimate of drug-likeness (QED) is 0.824. The second-order valence-corrected chi connectivity index (χ2v) is 6.28. The number of ether oxygens (including phenoxy) is 1. The van der Waals surface area contributed by atoms with Crippen LogP contribution in [-0.4, -0.2) is 47.9 Å². The van der Waals surface area contributed by atoms with Gasteiger partial charge in [-0.1, -0.05) is 0 Å². The normalized spacial score (nSPS) is 29.2. The number of piperidine rings is 1. The Bertz CT molecular complexity index is 313. The Hall–Kier alpha value is -0.840. The van der Waals surface area contributed by atoms with Crippen LogP contribution in [0.2, 0.25) is 0 Å². The van der Waals surface area contributed by atoms with E-state index >= 15 is 0 Å². The highest BCUT2D eigenvalue weighted by molar-refractivity contribution is 5.68. The van der Waals surface area contributed by atoms with Crippen LogP contribution in [0.3, 0.4) is 0 Å². The van der Waals surface area contributed by atoms with E-state index in [1.165, 1.54) is 4.90 Å². The summed E-state index contributed by atoms with van der Waals surface area (Å²) in [4.78, 5) is 13.3. The summed E-state index contributed by atoms with van der Waals surface area (Å²) in [6.07, 6.45) is 1.57. The molecule has 1 aliphatic carbocycles. The van der Waals surface area contributed by atoms with Gasteiger partial charge in [-0.15, -0.1) is 0 Å². The molecule has 2 rings (SSSR count). The molecule has 1 aliphatic heterocycles. The molecule has 0 aromatic carbocycles. The number of nitrogens with one attached hydrogen (secondary N) is 1. The van der Waals surface area contributed by atoms with Gasteiger partial charge in [0.25, 0.3) is 0 Å². The maximum absolute atomic E-state index is 14.0. The van der Waals surface area contributed by atoms with Crippen molar-refractivity contribution < 1.29 is 13.9 Å². The summed E-state index contributed by atoms with van der Waals surface area (Å²) < 4.78 is 19.2. The predicted molar refractivity (Wildman–Crippen MR) is 67.3 cm³/mol. The minimum atomic E-state index is -0.994. The number of amides is 1. The fourth-order valence-electron chi connectivity index (χ4n) is 2.14. The number of carbonyl (C=O) groups excluding carboxylic acids is 1. The Morgan fingerprint density at radius 1 is 1.33 bits per heavy atom. The van der Waals surface area contributed by atoms with Crippen molar-refractivity contribution in [2.45, 2.75) is 63.9 Å². The highest BCUT2D eigenvalue weighted by Crippen LogP contribution is 2.24. The van der Waals surface area contributed by atoms with Crippen LogP contribution in [0.25, 0.3) is 0 Å². The molecule has 5 heteroatoms.